The largest absolute Gasteiger partial charge is 0.474 e. The predicted octanol–water partition coefficient (Wildman–Crippen LogP) is -18.0. The molecule has 0 bridgehead atoms. The first kappa shape index (κ1) is 84.5. The van der Waals surface area contributed by atoms with Crippen LogP contribution in [0.1, 0.15) is 0 Å². The minimum atomic E-state index is -5.75. The van der Waals surface area contributed by atoms with Gasteiger partial charge in [0.1, 0.15) is 195 Å². The summed E-state index contributed by atoms with van der Waals surface area (Å²) >= 11 is 0. The molecule has 3 unspecified atom stereocenters. The van der Waals surface area contributed by atoms with Crippen molar-refractivity contribution in [2.24, 2.45) is 0 Å². The van der Waals surface area contributed by atoms with Gasteiger partial charge in [0.05, 0.1) is 52.9 Å². The van der Waals surface area contributed by atoms with Gasteiger partial charge in [-0.15, -0.1) is 0 Å². The van der Waals surface area contributed by atoms with Gasteiger partial charge >= 0.3 is 23.2 Å². The molecule has 586 valence electrons. The van der Waals surface area contributed by atoms with Gasteiger partial charge in [-0.3, -0.25) is 22.7 Å². The summed E-state index contributed by atoms with van der Waals surface area (Å²) in [4.78, 5) is 32.6. The third-order valence-corrected chi connectivity index (χ3v) is 20.8. The van der Waals surface area contributed by atoms with Crippen molar-refractivity contribution in [1.82, 2.24) is 0 Å². The molecule has 49 nitrogen and oxygen atoms in total. The highest BCUT2D eigenvalue weighted by Crippen LogP contribution is 2.54. The fraction of sp³-hybridized carbons (Fsp3) is 1.00. The van der Waals surface area contributed by atoms with E-state index in [9.17, 15) is 161 Å². The van der Waals surface area contributed by atoms with Gasteiger partial charge in [-0.25, -0.2) is 9.13 Å². The van der Waals surface area contributed by atoms with Crippen molar-refractivity contribution in [2.75, 3.05) is 52.9 Å². The minimum Gasteiger partial charge on any atom is -0.394 e. The molecule has 8 fully saturated rings. The molecular weight excluding hydrogens is 1450 g/mol. The minimum absolute atomic E-state index is 0.948. The third kappa shape index (κ3) is 18.6. The summed E-state index contributed by atoms with van der Waals surface area (Å²) in [6.07, 6.45) is -84.4. The van der Waals surface area contributed by atoms with Gasteiger partial charge in [0.25, 0.3) is 0 Å². The van der Waals surface area contributed by atoms with Gasteiger partial charge in [0.2, 0.25) is 0 Å². The number of phosphoric acid groups is 2. The van der Waals surface area contributed by atoms with Crippen molar-refractivity contribution in [3.05, 3.63) is 0 Å². The van der Waals surface area contributed by atoms with Crippen LogP contribution in [0.2, 0.25) is 0 Å². The summed E-state index contributed by atoms with van der Waals surface area (Å²) in [5.41, 5.74) is 0. The maximum absolute atomic E-state index is 13.9. The first-order valence-electron chi connectivity index (χ1n) is 30.2. The maximum Gasteiger partial charge on any atom is 0.474 e. The molecule has 8 saturated heterocycles. The van der Waals surface area contributed by atoms with Gasteiger partial charge < -0.3 is 209 Å². The highest BCUT2D eigenvalue weighted by molar-refractivity contribution is 7.53. The van der Waals surface area contributed by atoms with Crippen molar-refractivity contribution in [1.29, 1.82) is 0 Å². The molecule has 8 rings (SSSR count). The zero-order valence-electron chi connectivity index (χ0n) is 51.2. The van der Waals surface area contributed by atoms with Crippen LogP contribution in [-0.4, -0.2) is 446 Å². The molecule has 0 aromatic carbocycles. The molecule has 52 heteroatoms. The third-order valence-electron chi connectivity index (χ3n) is 17.4. The number of phosphoric ester groups is 2. The van der Waals surface area contributed by atoms with E-state index in [0.717, 1.165) is 0 Å². The average molecular weight is 1540 g/mol. The van der Waals surface area contributed by atoms with E-state index in [4.69, 9.17) is 79.5 Å². The van der Waals surface area contributed by atoms with Crippen molar-refractivity contribution in [3.63, 3.8) is 0 Å². The fourth-order valence-corrected chi connectivity index (χ4v) is 14.6. The van der Waals surface area contributed by atoms with Gasteiger partial charge in [-0.1, -0.05) is 0 Å². The Hall–Kier alpha value is -1.15. The highest BCUT2D eigenvalue weighted by Gasteiger charge is 2.60. The Bertz CT molecular complexity index is 2700. The van der Waals surface area contributed by atoms with Crippen LogP contribution < -0.4 is 0 Å². The number of rotatable bonds is 27. The zero-order valence-corrected chi connectivity index (χ0v) is 53.9. The van der Waals surface area contributed by atoms with E-state index >= 15 is 0 Å². The Labute approximate surface area is 560 Å². The van der Waals surface area contributed by atoms with Crippen molar-refractivity contribution < 1.29 is 241 Å². The van der Waals surface area contributed by atoms with Gasteiger partial charge in [0.15, 0.2) is 49.9 Å². The van der Waals surface area contributed by atoms with Crippen LogP contribution in [0, 0.1) is 0 Å². The molecule has 8 aliphatic heterocycles. The maximum atomic E-state index is 13.9. The summed E-state index contributed by atoms with van der Waals surface area (Å²) in [6.45, 7) is -9.53. The Morgan fingerprint density at radius 3 is 0.850 bits per heavy atom. The summed E-state index contributed by atoms with van der Waals surface area (Å²) in [6, 6.07) is 0. The standard InChI is InChI=1S/C48H85O49P3/c49-1-9-17(54)22(59)31(68)42(85-9)95-40-26(63)18(55)10(2-50)91-48(40)98(75,76)81-6-14-19(56)23(60)32(69)43(88-14)93-38-12(4-52)86-46(35(72)28(38)65)96-100(79,80)83-8-16-21(58)25(62)34(71)45(90-16)94-39-13(5-53)87-47(36(73)29(39)66)97-99(77,78)82-7-15-20(57)24(61)33(70)44(89-15)92-37-11(3-51)84-41(74)30(67)27(37)64/h9-74H,1-8H2,(H,75,76)(H,77,78)(H,79,80)/t9-,10-,11-,12-,13-,14-,15-,16-,17-,18-,19+,20+,21+,22+,23+,24+,25+,26+,27-,28-,29-,30+,31+,32-,33-,34-,35+,36+,37-,38-,39-,40+,41+,42-,43+,44+,45+,46-,47-,48-/m1/s1. The average Bonchev–Trinajstić information content (AvgIpc) is 0.826. The van der Waals surface area contributed by atoms with Crippen LogP contribution in [0.25, 0.3) is 0 Å². The topological polar surface area (TPSA) is 795 Å². The number of hydrogen-bond acceptors (Lipinski definition) is 46. The van der Waals surface area contributed by atoms with Crippen LogP contribution in [0.5, 0.6) is 0 Å². The lowest BCUT2D eigenvalue weighted by Gasteiger charge is -2.47. The molecule has 0 aliphatic carbocycles. The van der Waals surface area contributed by atoms with Gasteiger partial charge in [0, 0.05) is 0 Å². The van der Waals surface area contributed by atoms with E-state index in [1.807, 2.05) is 0 Å². The highest BCUT2D eigenvalue weighted by atomic mass is 31.2. The second kappa shape index (κ2) is 35.0. The molecular formula is C48H85O49P3. The smallest absolute Gasteiger partial charge is 0.394 e. The molecule has 0 amide bonds. The van der Waals surface area contributed by atoms with Crippen LogP contribution in [0.4, 0.5) is 0 Å². The van der Waals surface area contributed by atoms with E-state index in [0.29, 0.717) is 0 Å². The molecule has 0 aromatic rings. The lowest BCUT2D eigenvalue weighted by atomic mass is 9.97. The molecule has 0 spiro atoms. The van der Waals surface area contributed by atoms with E-state index in [1.54, 1.807) is 0 Å². The van der Waals surface area contributed by atoms with E-state index in [-0.39, 0.29) is 0 Å². The molecule has 0 aromatic heterocycles. The Balaban J connectivity index is 0.840. The predicted molar refractivity (Wildman–Crippen MR) is 296 cm³/mol. The van der Waals surface area contributed by atoms with E-state index < -0.39 is 321 Å². The lowest BCUT2D eigenvalue weighted by molar-refractivity contribution is -0.356. The van der Waals surface area contributed by atoms with E-state index in [1.165, 1.54) is 0 Å². The second-order valence-corrected chi connectivity index (χ2v) is 28.8. The first-order chi connectivity index (χ1) is 46.8. The number of aliphatic hydroxyl groups excluding tert-OH is 26. The summed E-state index contributed by atoms with van der Waals surface area (Å²) in [7, 11) is -17.0. The monoisotopic (exact) mass is 1540 g/mol. The van der Waals surface area contributed by atoms with Crippen molar-refractivity contribution >= 4 is 23.2 Å². The fourth-order valence-electron chi connectivity index (χ4n) is 11.5. The number of ether oxygens (including phenoxy) is 12. The van der Waals surface area contributed by atoms with Gasteiger partial charge in [-0.05, 0) is 0 Å². The Morgan fingerprint density at radius 1 is 0.250 bits per heavy atom. The van der Waals surface area contributed by atoms with Gasteiger partial charge in [-0.2, -0.15) is 0 Å². The molecule has 43 atom stereocenters. The molecule has 100 heavy (non-hydrogen) atoms. The van der Waals surface area contributed by atoms with Crippen LogP contribution in [0.3, 0.4) is 0 Å². The SMILES string of the molecule is O=P(O)(OC[C@H]1O[C@@H](O[C@H]2[C@H](O)[C@H](O)[C@@H](O)O[C@@H]2CO)[C@H](O)[C@@H](O)[C@H]1O)O[C@H]1O[C@H](CO)[C@@H](O[C@@H]2O[C@H](COP(=O)(O)O[C@H]3O[C@H](CO)[C@@H](O[C@@H]4O[C@H](COP(=O)(O)[C@H]5O[C@H](CO)[C@@H](O)[C@H](O)[C@@H]5O[C@H]5O[C@H](CO)[C@@H](O)[C@H](O)[C@@H]5O)[C@H](O)[C@H](O)[C@H]4O)[C@H](O)[C@@H]3O)[C@H](O)[C@H](O)[C@H]2O)[C@H](O)[C@@H]1O. The number of aliphatic hydroxyl groups is 26. The number of hydrogen-bond donors (Lipinski definition) is 29. The quantitative estimate of drug-likeness (QED) is 0.0340. The van der Waals surface area contributed by atoms with Crippen LogP contribution >= 0.6 is 23.2 Å². The first-order valence-corrected chi connectivity index (χ1v) is 34.9. The molecule has 8 aliphatic rings. The zero-order chi connectivity index (χ0) is 74.3. The van der Waals surface area contributed by atoms with Crippen molar-refractivity contribution in [3.8, 4) is 0 Å². The second-order valence-electron chi connectivity index (χ2n) is 24.1. The van der Waals surface area contributed by atoms with Crippen LogP contribution in [0.15, 0.2) is 0 Å². The summed E-state index contributed by atoms with van der Waals surface area (Å²) < 4.78 is 129. The van der Waals surface area contributed by atoms with E-state index in [2.05, 4.69) is 0 Å². The summed E-state index contributed by atoms with van der Waals surface area (Å²) in [5.74, 6) is -2.49. The van der Waals surface area contributed by atoms with Crippen LogP contribution in [-0.2, 0) is 93.2 Å². The normalized spacial score (nSPS) is 51.0. The molecule has 8 heterocycles. The molecule has 0 saturated carbocycles. The summed E-state index contributed by atoms with van der Waals surface area (Å²) in [5, 5.41) is 274. The lowest BCUT2D eigenvalue weighted by Crippen LogP contribution is -2.65. The van der Waals surface area contributed by atoms with Crippen molar-refractivity contribution in [2.45, 2.75) is 245 Å². The Kier molecular flexibility index (Phi) is 29.6. The Morgan fingerprint density at radius 2 is 0.500 bits per heavy atom. The molecule has 29 N–H and O–H groups in total. The molecule has 0 radical (unpaired) electrons.